The third-order valence-corrected chi connectivity index (χ3v) is 7.08. The molecule has 1 atom stereocenters. The molecule has 2 fully saturated rings. The zero-order valence-corrected chi connectivity index (χ0v) is 21.5. The van der Waals surface area contributed by atoms with Gasteiger partial charge in [-0.15, -0.1) is 0 Å². The van der Waals surface area contributed by atoms with Crippen molar-refractivity contribution in [3.8, 4) is 5.69 Å². The molecule has 0 spiro atoms. The highest BCUT2D eigenvalue weighted by atomic mass is 16.5. The summed E-state index contributed by atoms with van der Waals surface area (Å²) in [5.41, 5.74) is 2.12. The van der Waals surface area contributed by atoms with Crippen molar-refractivity contribution in [2.24, 2.45) is 5.92 Å². The molecule has 0 radical (unpaired) electrons. The van der Waals surface area contributed by atoms with E-state index in [1.807, 2.05) is 35.2 Å². The molecule has 1 unspecified atom stereocenters. The monoisotopic (exact) mass is 516 g/mol. The summed E-state index contributed by atoms with van der Waals surface area (Å²) < 4.78 is 6.70. The van der Waals surface area contributed by atoms with Crippen LogP contribution in [0.3, 0.4) is 0 Å². The number of ether oxygens (including phenoxy) is 1. The van der Waals surface area contributed by atoms with Crippen LogP contribution in [0.2, 0.25) is 0 Å². The van der Waals surface area contributed by atoms with E-state index in [9.17, 15) is 14.4 Å². The van der Waals surface area contributed by atoms with E-state index in [1.165, 1.54) is 4.68 Å². The van der Waals surface area contributed by atoms with Crippen LogP contribution in [0.5, 0.6) is 0 Å². The molecule has 1 amide bonds. The molecular formula is C28H32N6O4. The van der Waals surface area contributed by atoms with E-state index >= 15 is 0 Å². The lowest BCUT2D eigenvalue weighted by Crippen LogP contribution is -2.50. The molecule has 10 nitrogen and oxygen atoms in total. The molecule has 10 heteroatoms. The number of amides is 1. The van der Waals surface area contributed by atoms with Gasteiger partial charge >= 0.3 is 5.97 Å². The molecule has 0 N–H and O–H groups in total. The van der Waals surface area contributed by atoms with Crippen LogP contribution >= 0.6 is 0 Å². The summed E-state index contributed by atoms with van der Waals surface area (Å²) in [7, 11) is 0. The van der Waals surface area contributed by atoms with Crippen LogP contribution in [0, 0.1) is 5.92 Å². The van der Waals surface area contributed by atoms with E-state index in [4.69, 9.17) is 4.74 Å². The van der Waals surface area contributed by atoms with Crippen LogP contribution in [0.15, 0.2) is 65.7 Å². The van der Waals surface area contributed by atoms with Crippen LogP contribution in [0.25, 0.3) is 5.69 Å². The Hall–Kier alpha value is -4.21. The second kappa shape index (κ2) is 11.5. The van der Waals surface area contributed by atoms with Crippen molar-refractivity contribution in [1.82, 2.24) is 19.7 Å². The third kappa shape index (κ3) is 5.25. The zero-order valence-electron chi connectivity index (χ0n) is 21.5. The Bertz CT molecular complexity index is 1320. The number of para-hydroxylation sites is 1. The standard InChI is InChI=1S/C28H32N6O4/c1-2-38-28(37)21-9-8-14-33(20-21)25-24(19-30-34(27(25)36)22-10-4-3-5-11-22)31-15-17-32(18-16-31)26(35)23-12-6-7-13-29-23/h3-7,10-13,19,21H,2,8-9,14-18,20H2,1H3. The maximum absolute atomic E-state index is 13.9. The molecule has 0 bridgehead atoms. The predicted octanol–water partition coefficient (Wildman–Crippen LogP) is 2.37. The van der Waals surface area contributed by atoms with Gasteiger partial charge in [0.1, 0.15) is 11.4 Å². The minimum absolute atomic E-state index is 0.101. The molecule has 38 heavy (non-hydrogen) atoms. The Kier molecular flexibility index (Phi) is 7.67. The molecule has 2 aliphatic heterocycles. The summed E-state index contributed by atoms with van der Waals surface area (Å²) >= 11 is 0. The van der Waals surface area contributed by atoms with E-state index in [0.717, 1.165) is 18.5 Å². The van der Waals surface area contributed by atoms with Gasteiger partial charge in [0, 0.05) is 45.5 Å². The molecule has 0 saturated carbocycles. The van der Waals surface area contributed by atoms with Crippen LogP contribution < -0.4 is 15.4 Å². The van der Waals surface area contributed by atoms with Crippen LogP contribution in [0.1, 0.15) is 30.3 Å². The number of hydrogen-bond acceptors (Lipinski definition) is 8. The van der Waals surface area contributed by atoms with E-state index in [-0.39, 0.29) is 23.4 Å². The van der Waals surface area contributed by atoms with Crippen molar-refractivity contribution in [2.45, 2.75) is 19.8 Å². The fourth-order valence-corrected chi connectivity index (χ4v) is 5.15. The van der Waals surface area contributed by atoms with Crippen molar-refractivity contribution in [3.63, 3.8) is 0 Å². The quantitative estimate of drug-likeness (QED) is 0.461. The molecule has 2 aliphatic rings. The molecule has 5 rings (SSSR count). The highest BCUT2D eigenvalue weighted by molar-refractivity contribution is 5.92. The van der Waals surface area contributed by atoms with Gasteiger partial charge in [0.25, 0.3) is 11.5 Å². The highest BCUT2D eigenvalue weighted by Crippen LogP contribution is 2.31. The number of carbonyl (C=O) groups excluding carboxylic acids is 2. The van der Waals surface area contributed by atoms with Gasteiger partial charge in [0.15, 0.2) is 0 Å². The third-order valence-electron chi connectivity index (χ3n) is 7.08. The Labute approximate surface area is 221 Å². The van der Waals surface area contributed by atoms with Crippen molar-refractivity contribution >= 4 is 23.3 Å². The Morgan fingerprint density at radius 1 is 0.974 bits per heavy atom. The first-order valence-corrected chi connectivity index (χ1v) is 13.1. The SMILES string of the molecule is CCOC(=O)C1CCCN(c2c(N3CCN(C(=O)c4ccccn4)CC3)cnn(-c3ccccc3)c2=O)C1. The van der Waals surface area contributed by atoms with Gasteiger partial charge in [-0.05, 0) is 44.0 Å². The summed E-state index contributed by atoms with van der Waals surface area (Å²) in [6.45, 7) is 5.32. The van der Waals surface area contributed by atoms with E-state index in [1.54, 1.807) is 42.4 Å². The molecule has 2 saturated heterocycles. The number of hydrogen-bond donors (Lipinski definition) is 0. The molecule has 2 aromatic heterocycles. The van der Waals surface area contributed by atoms with Gasteiger partial charge in [-0.3, -0.25) is 19.4 Å². The average molecular weight is 517 g/mol. The number of piperazine rings is 1. The number of anilines is 2. The van der Waals surface area contributed by atoms with Gasteiger partial charge in [0.05, 0.1) is 30.1 Å². The molecule has 3 aromatic rings. The molecule has 1 aromatic carbocycles. The minimum atomic E-state index is -0.290. The maximum atomic E-state index is 13.9. The van der Waals surface area contributed by atoms with Crippen molar-refractivity contribution in [3.05, 3.63) is 77.0 Å². The minimum Gasteiger partial charge on any atom is -0.466 e. The summed E-state index contributed by atoms with van der Waals surface area (Å²) in [4.78, 5) is 49.5. The van der Waals surface area contributed by atoms with Gasteiger partial charge in [-0.1, -0.05) is 24.3 Å². The van der Waals surface area contributed by atoms with Crippen molar-refractivity contribution in [1.29, 1.82) is 0 Å². The largest absolute Gasteiger partial charge is 0.466 e. The number of nitrogens with zero attached hydrogens (tertiary/aromatic N) is 6. The van der Waals surface area contributed by atoms with Gasteiger partial charge in [-0.2, -0.15) is 9.78 Å². The van der Waals surface area contributed by atoms with Crippen molar-refractivity contribution in [2.75, 3.05) is 55.7 Å². The number of benzene rings is 1. The molecule has 4 heterocycles. The normalized spacial score (nSPS) is 17.8. The Morgan fingerprint density at radius 3 is 2.45 bits per heavy atom. The van der Waals surface area contributed by atoms with E-state index < -0.39 is 0 Å². The van der Waals surface area contributed by atoms with Crippen molar-refractivity contribution < 1.29 is 14.3 Å². The number of pyridine rings is 1. The number of carbonyl (C=O) groups is 2. The van der Waals surface area contributed by atoms with E-state index in [2.05, 4.69) is 15.0 Å². The topological polar surface area (TPSA) is 101 Å². The molecule has 198 valence electrons. The first kappa shape index (κ1) is 25.4. The lowest BCUT2D eigenvalue weighted by atomic mass is 9.97. The first-order valence-electron chi connectivity index (χ1n) is 13.1. The first-order chi connectivity index (χ1) is 18.6. The summed E-state index contributed by atoms with van der Waals surface area (Å²) in [5, 5.41) is 4.52. The lowest BCUT2D eigenvalue weighted by molar-refractivity contribution is -0.148. The number of rotatable bonds is 6. The van der Waals surface area contributed by atoms with Gasteiger partial charge in [0.2, 0.25) is 0 Å². The summed E-state index contributed by atoms with van der Waals surface area (Å²) in [5.74, 6) is -0.614. The van der Waals surface area contributed by atoms with Crippen LogP contribution in [0.4, 0.5) is 11.4 Å². The number of piperidine rings is 1. The zero-order chi connectivity index (χ0) is 26.5. The lowest BCUT2D eigenvalue weighted by Gasteiger charge is -2.39. The molecule has 0 aliphatic carbocycles. The van der Waals surface area contributed by atoms with E-state index in [0.29, 0.717) is 62.9 Å². The second-order valence-corrected chi connectivity index (χ2v) is 9.46. The highest BCUT2D eigenvalue weighted by Gasteiger charge is 2.32. The van der Waals surface area contributed by atoms with Crippen LogP contribution in [-0.4, -0.2) is 77.4 Å². The summed E-state index contributed by atoms with van der Waals surface area (Å²) in [6, 6.07) is 14.6. The van der Waals surface area contributed by atoms with Gasteiger partial charge in [-0.25, -0.2) is 0 Å². The average Bonchev–Trinajstić information content (AvgIpc) is 2.98. The second-order valence-electron chi connectivity index (χ2n) is 9.46. The van der Waals surface area contributed by atoms with Crippen LogP contribution in [-0.2, 0) is 9.53 Å². The fraction of sp³-hybridized carbons (Fsp3) is 0.393. The smallest absolute Gasteiger partial charge is 0.310 e. The number of aromatic nitrogens is 3. The maximum Gasteiger partial charge on any atom is 0.310 e. The number of esters is 1. The Balaban J connectivity index is 1.44. The molecular weight excluding hydrogens is 484 g/mol. The predicted molar refractivity (Wildman–Crippen MR) is 144 cm³/mol. The fourth-order valence-electron chi connectivity index (χ4n) is 5.15. The Morgan fingerprint density at radius 2 is 1.74 bits per heavy atom. The van der Waals surface area contributed by atoms with Gasteiger partial charge < -0.3 is 19.4 Å². The summed E-state index contributed by atoms with van der Waals surface area (Å²) in [6.07, 6.45) is 4.86.